The molecule has 2 fully saturated rings. The number of hydrogen-bond donors (Lipinski definition) is 1. The maximum Gasteiger partial charge on any atom is 0.135 e. The third kappa shape index (κ3) is 1.88. The van der Waals surface area contributed by atoms with Gasteiger partial charge in [0.25, 0.3) is 0 Å². The molecule has 25 heavy (non-hydrogen) atoms. The molecular weight excluding hydrogens is 315 g/mol. The molecule has 3 aliphatic rings. The fourth-order valence-electron chi connectivity index (χ4n) is 4.97. The van der Waals surface area contributed by atoms with E-state index in [4.69, 9.17) is 6.42 Å². The highest BCUT2D eigenvalue weighted by Gasteiger charge is 2.63. The van der Waals surface area contributed by atoms with Gasteiger partial charge in [0.15, 0.2) is 0 Å². The molecule has 0 amide bonds. The van der Waals surface area contributed by atoms with Gasteiger partial charge in [0, 0.05) is 5.41 Å². The van der Waals surface area contributed by atoms with Gasteiger partial charge in [-0.1, -0.05) is 17.6 Å². The van der Waals surface area contributed by atoms with E-state index in [1.165, 1.54) is 17.7 Å². The summed E-state index contributed by atoms with van der Waals surface area (Å²) in [6.45, 7) is 0. The van der Waals surface area contributed by atoms with E-state index in [1.807, 2.05) is 12.3 Å². The summed E-state index contributed by atoms with van der Waals surface area (Å²) >= 11 is 0. The molecule has 1 N–H and O–H groups in total. The lowest BCUT2D eigenvalue weighted by Crippen LogP contribution is -2.47. The number of nitrogens with zero attached hydrogens (tertiary/aromatic N) is 2. The van der Waals surface area contributed by atoms with Crippen LogP contribution in [0.2, 0.25) is 0 Å². The van der Waals surface area contributed by atoms with Crippen molar-refractivity contribution in [3.05, 3.63) is 53.1 Å². The standard InChI is InChI=1S/C21H19FN2O/c1-2-20(25)9-8-16-10-19-14(12-21(16,20)15-6-7-15)13-23-24(19)18-5-3-4-17(22)11-18/h1,3-5,10-11,13,15,25H,6-9,12H2/t20-,21+/m0/s1. The predicted molar refractivity (Wildman–Crippen MR) is 93.4 cm³/mol. The highest BCUT2D eigenvalue weighted by molar-refractivity contribution is 5.64. The Morgan fingerprint density at radius 2 is 2.20 bits per heavy atom. The molecule has 0 unspecified atom stereocenters. The fourth-order valence-corrected chi connectivity index (χ4v) is 4.97. The Morgan fingerprint density at radius 3 is 2.92 bits per heavy atom. The second-order valence-corrected chi connectivity index (χ2v) is 7.54. The predicted octanol–water partition coefficient (Wildman–Crippen LogP) is 3.51. The van der Waals surface area contributed by atoms with Crippen LogP contribution >= 0.6 is 0 Å². The molecular formula is C21H19FN2O. The van der Waals surface area contributed by atoms with Gasteiger partial charge in [-0.3, -0.25) is 0 Å². The van der Waals surface area contributed by atoms with Crippen molar-refractivity contribution in [3.8, 4) is 18.0 Å². The Labute approximate surface area is 146 Å². The van der Waals surface area contributed by atoms with E-state index >= 15 is 0 Å². The molecule has 3 nitrogen and oxygen atoms in total. The summed E-state index contributed by atoms with van der Waals surface area (Å²) in [7, 11) is 0. The summed E-state index contributed by atoms with van der Waals surface area (Å²) < 4.78 is 15.4. The lowest BCUT2D eigenvalue weighted by atomic mass is 9.63. The zero-order valence-electron chi connectivity index (χ0n) is 13.9. The maximum absolute atomic E-state index is 13.6. The van der Waals surface area contributed by atoms with E-state index in [-0.39, 0.29) is 11.2 Å². The molecule has 0 spiro atoms. The van der Waals surface area contributed by atoms with E-state index in [9.17, 15) is 9.50 Å². The van der Waals surface area contributed by atoms with Crippen molar-refractivity contribution >= 4 is 6.08 Å². The van der Waals surface area contributed by atoms with Gasteiger partial charge in [0.05, 0.1) is 17.6 Å². The Bertz CT molecular complexity index is 949. The summed E-state index contributed by atoms with van der Waals surface area (Å²) in [5.74, 6) is 2.89. The molecule has 1 heterocycles. The van der Waals surface area contributed by atoms with Gasteiger partial charge in [-0.15, -0.1) is 6.42 Å². The molecule has 2 saturated carbocycles. The van der Waals surface area contributed by atoms with Crippen LogP contribution in [0.4, 0.5) is 4.39 Å². The van der Waals surface area contributed by atoms with Crippen molar-refractivity contribution in [2.24, 2.45) is 11.3 Å². The van der Waals surface area contributed by atoms with E-state index in [0.29, 0.717) is 18.0 Å². The second kappa shape index (κ2) is 4.83. The maximum atomic E-state index is 13.6. The van der Waals surface area contributed by atoms with Gasteiger partial charge in [-0.25, -0.2) is 9.07 Å². The largest absolute Gasteiger partial charge is 0.377 e. The summed E-state index contributed by atoms with van der Waals surface area (Å²) in [5.41, 5.74) is 2.60. The van der Waals surface area contributed by atoms with Crippen molar-refractivity contribution in [2.45, 2.75) is 37.7 Å². The zero-order valence-corrected chi connectivity index (χ0v) is 13.9. The summed E-state index contributed by atoms with van der Waals surface area (Å²) in [4.78, 5) is 0. The van der Waals surface area contributed by atoms with Gasteiger partial charge in [0.2, 0.25) is 0 Å². The molecule has 2 atom stereocenters. The SMILES string of the molecule is C#C[C@]1(O)CCC2=Cc3c(cnn3-c3cccc(F)c3)C[C@@]21C1CC1. The number of hydrogen-bond acceptors (Lipinski definition) is 2. The summed E-state index contributed by atoms with van der Waals surface area (Å²) in [6, 6.07) is 6.46. The molecule has 0 bridgehead atoms. The highest BCUT2D eigenvalue weighted by Crippen LogP contribution is 2.65. The Kier molecular flexibility index (Phi) is 2.88. The Morgan fingerprint density at radius 1 is 1.36 bits per heavy atom. The van der Waals surface area contributed by atoms with Crippen LogP contribution in [0.5, 0.6) is 0 Å². The van der Waals surface area contributed by atoms with Crippen LogP contribution in [0.1, 0.15) is 36.9 Å². The monoisotopic (exact) mass is 334 g/mol. The van der Waals surface area contributed by atoms with Crippen LogP contribution in [0.25, 0.3) is 11.8 Å². The first-order valence-corrected chi connectivity index (χ1v) is 8.81. The van der Waals surface area contributed by atoms with E-state index in [1.54, 1.807) is 10.7 Å². The van der Waals surface area contributed by atoms with Gasteiger partial charge in [-0.05, 0) is 67.9 Å². The van der Waals surface area contributed by atoms with Crippen molar-refractivity contribution in [3.63, 3.8) is 0 Å². The minimum absolute atomic E-state index is 0.278. The normalized spacial score (nSPS) is 30.4. The fraction of sp³-hybridized carbons (Fsp3) is 0.381. The number of halogens is 1. The minimum atomic E-state index is -1.07. The third-order valence-corrected chi connectivity index (χ3v) is 6.30. The summed E-state index contributed by atoms with van der Waals surface area (Å²) in [6.07, 6.45) is 14.1. The van der Waals surface area contributed by atoms with Crippen LogP contribution in [-0.4, -0.2) is 20.5 Å². The molecule has 0 saturated heterocycles. The molecule has 4 heteroatoms. The Hall–Kier alpha value is -2.38. The lowest BCUT2D eigenvalue weighted by Gasteiger charge is -2.42. The number of rotatable bonds is 2. The number of terminal acetylenes is 1. The zero-order chi connectivity index (χ0) is 17.2. The summed E-state index contributed by atoms with van der Waals surface area (Å²) in [5, 5.41) is 15.7. The average molecular weight is 334 g/mol. The van der Waals surface area contributed by atoms with E-state index < -0.39 is 5.60 Å². The number of benzene rings is 1. The molecule has 126 valence electrons. The first kappa shape index (κ1) is 14.9. The van der Waals surface area contributed by atoms with Gasteiger partial charge in [0.1, 0.15) is 11.4 Å². The number of aromatic nitrogens is 2. The molecule has 1 aromatic heterocycles. The first-order valence-electron chi connectivity index (χ1n) is 8.81. The number of fused-ring (bicyclic) bond motifs is 2. The second-order valence-electron chi connectivity index (χ2n) is 7.54. The van der Waals surface area contributed by atoms with Gasteiger partial charge in [-0.2, -0.15) is 5.10 Å². The highest BCUT2D eigenvalue weighted by atomic mass is 19.1. The van der Waals surface area contributed by atoms with Crippen LogP contribution in [0.15, 0.2) is 36.0 Å². The smallest absolute Gasteiger partial charge is 0.135 e. The molecule has 0 radical (unpaired) electrons. The van der Waals surface area contributed by atoms with Crippen LogP contribution < -0.4 is 0 Å². The van der Waals surface area contributed by atoms with Crippen molar-refractivity contribution in [2.75, 3.05) is 0 Å². The quantitative estimate of drug-likeness (QED) is 0.854. The molecule has 1 aromatic carbocycles. The minimum Gasteiger partial charge on any atom is -0.377 e. The number of aliphatic hydroxyl groups is 1. The molecule has 2 aromatic rings. The molecule has 5 rings (SSSR count). The third-order valence-electron chi connectivity index (χ3n) is 6.30. The van der Waals surface area contributed by atoms with Gasteiger partial charge >= 0.3 is 0 Å². The van der Waals surface area contributed by atoms with E-state index in [2.05, 4.69) is 17.1 Å². The van der Waals surface area contributed by atoms with Gasteiger partial charge < -0.3 is 5.11 Å². The average Bonchev–Trinajstić information content (AvgIpc) is 3.33. The lowest BCUT2D eigenvalue weighted by molar-refractivity contribution is -0.00845. The van der Waals surface area contributed by atoms with Crippen molar-refractivity contribution in [1.29, 1.82) is 0 Å². The Balaban J connectivity index is 1.66. The van der Waals surface area contributed by atoms with Crippen LogP contribution in [-0.2, 0) is 6.42 Å². The van der Waals surface area contributed by atoms with E-state index in [0.717, 1.165) is 36.9 Å². The van der Waals surface area contributed by atoms with Crippen molar-refractivity contribution < 1.29 is 9.50 Å². The molecule has 0 aliphatic heterocycles. The first-order chi connectivity index (χ1) is 12.1. The van der Waals surface area contributed by atoms with Crippen LogP contribution in [0, 0.1) is 29.5 Å². The molecule has 3 aliphatic carbocycles. The topological polar surface area (TPSA) is 38.1 Å². The van der Waals surface area contributed by atoms with Crippen LogP contribution in [0.3, 0.4) is 0 Å². The van der Waals surface area contributed by atoms with Crippen molar-refractivity contribution in [1.82, 2.24) is 9.78 Å².